The Morgan fingerprint density at radius 2 is 1.66 bits per heavy atom. The van der Waals surface area contributed by atoms with Gasteiger partial charge in [0.15, 0.2) is 0 Å². The van der Waals surface area contributed by atoms with Gasteiger partial charge in [0.25, 0.3) is 0 Å². The van der Waals surface area contributed by atoms with Gasteiger partial charge in [-0.05, 0) is 57.4 Å². The van der Waals surface area contributed by atoms with Crippen LogP contribution in [-0.2, 0) is 21.9 Å². The van der Waals surface area contributed by atoms with Crippen molar-refractivity contribution in [1.82, 2.24) is 10.2 Å². The second kappa shape index (κ2) is 12.5. The van der Waals surface area contributed by atoms with Crippen molar-refractivity contribution >= 4 is 23.6 Å². The van der Waals surface area contributed by atoms with Gasteiger partial charge in [-0.2, -0.15) is 0 Å². The minimum absolute atomic E-state index is 0.0217. The van der Waals surface area contributed by atoms with Crippen molar-refractivity contribution < 1.29 is 14.3 Å². The molecular formula is C26H36N2O3S. The van der Waals surface area contributed by atoms with Gasteiger partial charge in [0.1, 0.15) is 11.8 Å². The number of aryl methyl sites for hydroxylation is 2. The standard InChI is InChI=1S/C26H36N2O3S/c1-7-24(26(30)27-18(2)3)28(15-21-8-10-23(31-6)11-9-21)25(29)17-32-16-22-13-19(4)12-20(5)14-22/h8-14,18,24H,7,15-17H2,1-6H3,(H,27,30). The number of thioether (sulfide) groups is 1. The van der Waals surface area contributed by atoms with Crippen molar-refractivity contribution in [2.24, 2.45) is 0 Å². The van der Waals surface area contributed by atoms with Crippen LogP contribution in [0.1, 0.15) is 49.4 Å². The van der Waals surface area contributed by atoms with Crippen LogP contribution in [0.5, 0.6) is 5.75 Å². The predicted molar refractivity (Wildman–Crippen MR) is 133 cm³/mol. The van der Waals surface area contributed by atoms with E-state index in [1.807, 2.05) is 45.0 Å². The molecule has 0 aliphatic carbocycles. The number of hydrogen-bond donors (Lipinski definition) is 1. The number of nitrogens with zero attached hydrogens (tertiary/aromatic N) is 1. The van der Waals surface area contributed by atoms with E-state index < -0.39 is 6.04 Å². The summed E-state index contributed by atoms with van der Waals surface area (Å²) in [5, 5.41) is 2.97. The number of carbonyl (C=O) groups is 2. The zero-order chi connectivity index (χ0) is 23.7. The molecule has 0 aromatic heterocycles. The lowest BCUT2D eigenvalue weighted by atomic mass is 10.1. The summed E-state index contributed by atoms with van der Waals surface area (Å²) in [6.07, 6.45) is 0.558. The molecule has 2 amide bonds. The largest absolute Gasteiger partial charge is 0.497 e. The molecule has 32 heavy (non-hydrogen) atoms. The highest BCUT2D eigenvalue weighted by Gasteiger charge is 2.28. The number of nitrogens with one attached hydrogen (secondary N) is 1. The van der Waals surface area contributed by atoms with Gasteiger partial charge < -0.3 is 15.0 Å². The van der Waals surface area contributed by atoms with Crippen LogP contribution < -0.4 is 10.1 Å². The fourth-order valence-electron chi connectivity index (χ4n) is 3.72. The van der Waals surface area contributed by atoms with Crippen molar-refractivity contribution in [3.8, 4) is 5.75 Å². The van der Waals surface area contributed by atoms with Gasteiger partial charge in [0.2, 0.25) is 11.8 Å². The molecule has 0 heterocycles. The maximum absolute atomic E-state index is 13.3. The SMILES string of the molecule is CCC(C(=O)NC(C)C)N(Cc1ccc(OC)cc1)C(=O)CSCc1cc(C)cc(C)c1. The third-order valence-electron chi connectivity index (χ3n) is 5.10. The number of hydrogen-bond acceptors (Lipinski definition) is 4. The Kier molecular flexibility index (Phi) is 10.1. The molecule has 0 spiro atoms. The lowest BCUT2D eigenvalue weighted by Crippen LogP contribution is -2.50. The molecule has 0 aliphatic heterocycles. The van der Waals surface area contributed by atoms with E-state index >= 15 is 0 Å². The molecule has 0 bridgehead atoms. The lowest BCUT2D eigenvalue weighted by Gasteiger charge is -2.31. The molecule has 1 atom stereocenters. The van der Waals surface area contributed by atoms with Crippen LogP contribution in [0.25, 0.3) is 0 Å². The molecule has 2 aromatic rings. The van der Waals surface area contributed by atoms with E-state index in [0.29, 0.717) is 18.7 Å². The van der Waals surface area contributed by atoms with Crippen LogP contribution >= 0.6 is 11.8 Å². The second-order valence-corrected chi connectivity index (χ2v) is 9.43. The average Bonchev–Trinajstić information content (AvgIpc) is 2.72. The molecule has 0 saturated heterocycles. The van der Waals surface area contributed by atoms with E-state index in [1.165, 1.54) is 16.7 Å². The summed E-state index contributed by atoms with van der Waals surface area (Å²) in [5.74, 6) is 1.72. The summed E-state index contributed by atoms with van der Waals surface area (Å²) < 4.78 is 5.24. The molecule has 0 fully saturated rings. The van der Waals surface area contributed by atoms with E-state index in [-0.39, 0.29) is 17.9 Å². The maximum Gasteiger partial charge on any atom is 0.243 e. The first-order valence-electron chi connectivity index (χ1n) is 11.1. The van der Waals surface area contributed by atoms with Gasteiger partial charge >= 0.3 is 0 Å². The van der Waals surface area contributed by atoms with Crippen molar-refractivity contribution in [3.05, 3.63) is 64.7 Å². The fraction of sp³-hybridized carbons (Fsp3) is 0.462. The number of rotatable bonds is 11. The number of amides is 2. The van der Waals surface area contributed by atoms with Crippen LogP contribution in [0, 0.1) is 13.8 Å². The summed E-state index contributed by atoms with van der Waals surface area (Å²) in [6.45, 7) is 10.4. The minimum Gasteiger partial charge on any atom is -0.497 e. The normalized spacial score (nSPS) is 11.8. The van der Waals surface area contributed by atoms with Crippen LogP contribution in [0.3, 0.4) is 0 Å². The number of methoxy groups -OCH3 is 1. The Morgan fingerprint density at radius 3 is 2.19 bits per heavy atom. The topological polar surface area (TPSA) is 58.6 Å². The molecule has 5 nitrogen and oxygen atoms in total. The lowest BCUT2D eigenvalue weighted by molar-refractivity contribution is -0.139. The van der Waals surface area contributed by atoms with E-state index in [9.17, 15) is 9.59 Å². The van der Waals surface area contributed by atoms with E-state index in [2.05, 4.69) is 37.4 Å². The monoisotopic (exact) mass is 456 g/mol. The first kappa shape index (κ1) is 25.8. The van der Waals surface area contributed by atoms with Crippen LogP contribution in [0.4, 0.5) is 0 Å². The molecule has 0 radical (unpaired) electrons. The summed E-state index contributed by atoms with van der Waals surface area (Å²) in [5.41, 5.74) is 4.63. The van der Waals surface area contributed by atoms with Crippen LogP contribution in [0.15, 0.2) is 42.5 Å². The van der Waals surface area contributed by atoms with E-state index in [4.69, 9.17) is 4.74 Å². The molecule has 0 aliphatic rings. The van der Waals surface area contributed by atoms with Gasteiger partial charge in [-0.25, -0.2) is 0 Å². The van der Waals surface area contributed by atoms with E-state index in [0.717, 1.165) is 17.1 Å². The third kappa shape index (κ3) is 7.90. The van der Waals surface area contributed by atoms with Crippen molar-refractivity contribution in [2.45, 2.75) is 65.4 Å². The number of ether oxygens (including phenoxy) is 1. The van der Waals surface area contributed by atoms with Crippen molar-refractivity contribution in [3.63, 3.8) is 0 Å². The smallest absolute Gasteiger partial charge is 0.243 e. The molecule has 174 valence electrons. The first-order valence-corrected chi connectivity index (χ1v) is 12.3. The quantitative estimate of drug-likeness (QED) is 0.524. The zero-order valence-corrected chi connectivity index (χ0v) is 20.9. The maximum atomic E-state index is 13.3. The minimum atomic E-state index is -0.506. The molecule has 1 unspecified atom stereocenters. The Balaban J connectivity index is 2.14. The summed E-state index contributed by atoms with van der Waals surface area (Å²) >= 11 is 1.59. The van der Waals surface area contributed by atoms with Gasteiger partial charge in [-0.3, -0.25) is 9.59 Å². The molecular weight excluding hydrogens is 420 g/mol. The van der Waals surface area contributed by atoms with Gasteiger partial charge in [0, 0.05) is 18.3 Å². The molecule has 1 N–H and O–H groups in total. The average molecular weight is 457 g/mol. The summed E-state index contributed by atoms with van der Waals surface area (Å²) in [7, 11) is 1.63. The highest BCUT2D eigenvalue weighted by molar-refractivity contribution is 7.99. The fourth-order valence-corrected chi connectivity index (χ4v) is 4.56. The Bertz CT molecular complexity index is 876. The predicted octanol–water partition coefficient (Wildman–Crippen LogP) is 4.88. The molecule has 2 rings (SSSR count). The molecule has 2 aromatic carbocycles. The summed E-state index contributed by atoms with van der Waals surface area (Å²) in [4.78, 5) is 27.9. The second-order valence-electron chi connectivity index (χ2n) is 8.45. The van der Waals surface area contributed by atoms with Crippen molar-refractivity contribution in [1.29, 1.82) is 0 Å². The van der Waals surface area contributed by atoms with Crippen molar-refractivity contribution in [2.75, 3.05) is 12.9 Å². The van der Waals surface area contributed by atoms with Gasteiger partial charge in [-0.1, -0.05) is 48.4 Å². The van der Waals surface area contributed by atoms with Crippen LogP contribution in [-0.4, -0.2) is 41.7 Å². The van der Waals surface area contributed by atoms with Crippen LogP contribution in [0.2, 0.25) is 0 Å². The first-order chi connectivity index (χ1) is 15.2. The van der Waals surface area contributed by atoms with Gasteiger partial charge in [0.05, 0.1) is 12.9 Å². The van der Waals surface area contributed by atoms with Gasteiger partial charge in [-0.15, -0.1) is 11.8 Å². The third-order valence-corrected chi connectivity index (χ3v) is 6.09. The highest BCUT2D eigenvalue weighted by Crippen LogP contribution is 2.20. The molecule has 6 heteroatoms. The molecule has 0 saturated carbocycles. The van der Waals surface area contributed by atoms with E-state index in [1.54, 1.807) is 23.8 Å². The number of carbonyl (C=O) groups excluding carboxylic acids is 2. The summed E-state index contributed by atoms with van der Waals surface area (Å²) in [6, 6.07) is 13.6. The number of benzene rings is 2. The highest BCUT2D eigenvalue weighted by atomic mass is 32.2. The Hall–Kier alpha value is -2.47. The Morgan fingerprint density at radius 1 is 1.03 bits per heavy atom. The Labute approximate surface area is 196 Å². The zero-order valence-electron chi connectivity index (χ0n) is 20.1.